The first-order valence-corrected chi connectivity index (χ1v) is 6.12. The summed E-state index contributed by atoms with van der Waals surface area (Å²) in [5.74, 6) is 0. The van der Waals surface area contributed by atoms with Crippen molar-refractivity contribution in [3.63, 3.8) is 0 Å². The van der Waals surface area contributed by atoms with Crippen molar-refractivity contribution in [3.8, 4) is 0 Å². The standard InChI is InChI=1S/C12H27NO/c1-4-10-13-12(3)9-7-6-8-11-14-5-2/h12-13H,4-11H2,1-3H3. The molecule has 0 aromatic heterocycles. The lowest BCUT2D eigenvalue weighted by atomic mass is 10.1. The molecule has 0 saturated carbocycles. The summed E-state index contributed by atoms with van der Waals surface area (Å²) in [6.07, 6.45) is 6.37. The van der Waals surface area contributed by atoms with Crippen molar-refractivity contribution >= 4 is 0 Å². The molecule has 86 valence electrons. The van der Waals surface area contributed by atoms with Gasteiger partial charge in [0.25, 0.3) is 0 Å². The van der Waals surface area contributed by atoms with Gasteiger partial charge in [-0.05, 0) is 39.7 Å². The van der Waals surface area contributed by atoms with Gasteiger partial charge in [-0.2, -0.15) is 0 Å². The van der Waals surface area contributed by atoms with Crippen LogP contribution < -0.4 is 5.32 Å². The Morgan fingerprint density at radius 1 is 1.14 bits per heavy atom. The molecule has 0 rings (SSSR count). The summed E-state index contributed by atoms with van der Waals surface area (Å²) in [5, 5.41) is 3.50. The second-order valence-corrected chi connectivity index (χ2v) is 3.90. The van der Waals surface area contributed by atoms with Gasteiger partial charge in [0.2, 0.25) is 0 Å². The molecule has 2 heteroatoms. The Morgan fingerprint density at radius 2 is 1.93 bits per heavy atom. The van der Waals surface area contributed by atoms with Crippen LogP contribution in [0.5, 0.6) is 0 Å². The van der Waals surface area contributed by atoms with Crippen LogP contribution in [0.15, 0.2) is 0 Å². The Kier molecular flexibility index (Phi) is 10.9. The van der Waals surface area contributed by atoms with E-state index in [4.69, 9.17) is 4.74 Å². The first kappa shape index (κ1) is 13.9. The van der Waals surface area contributed by atoms with Crippen LogP contribution in [0, 0.1) is 0 Å². The van der Waals surface area contributed by atoms with Gasteiger partial charge in [-0.25, -0.2) is 0 Å². The van der Waals surface area contributed by atoms with Gasteiger partial charge in [0.05, 0.1) is 0 Å². The van der Waals surface area contributed by atoms with Gasteiger partial charge in [-0.15, -0.1) is 0 Å². The molecule has 0 aromatic rings. The molecule has 1 N–H and O–H groups in total. The van der Waals surface area contributed by atoms with Crippen molar-refractivity contribution in [1.82, 2.24) is 5.32 Å². The van der Waals surface area contributed by atoms with Gasteiger partial charge in [0.15, 0.2) is 0 Å². The van der Waals surface area contributed by atoms with Gasteiger partial charge >= 0.3 is 0 Å². The van der Waals surface area contributed by atoms with E-state index in [-0.39, 0.29) is 0 Å². The minimum absolute atomic E-state index is 0.682. The lowest BCUT2D eigenvalue weighted by Crippen LogP contribution is -2.26. The SMILES string of the molecule is CCCNC(C)CCCCCOCC. The Bertz CT molecular complexity index is 106. The topological polar surface area (TPSA) is 21.3 Å². The second kappa shape index (κ2) is 11.0. The van der Waals surface area contributed by atoms with Crippen LogP contribution in [0.25, 0.3) is 0 Å². The molecular weight excluding hydrogens is 174 g/mol. The molecule has 0 amide bonds. The molecule has 0 aliphatic heterocycles. The lowest BCUT2D eigenvalue weighted by molar-refractivity contribution is 0.142. The maximum Gasteiger partial charge on any atom is 0.0465 e. The molecule has 0 spiro atoms. The first-order chi connectivity index (χ1) is 6.81. The van der Waals surface area contributed by atoms with Crippen LogP contribution in [0.4, 0.5) is 0 Å². The van der Waals surface area contributed by atoms with E-state index in [9.17, 15) is 0 Å². The number of ether oxygens (including phenoxy) is 1. The molecule has 0 saturated heterocycles. The number of rotatable bonds is 10. The van der Waals surface area contributed by atoms with Crippen molar-refractivity contribution in [2.75, 3.05) is 19.8 Å². The first-order valence-electron chi connectivity index (χ1n) is 6.12. The summed E-state index contributed by atoms with van der Waals surface area (Å²) >= 11 is 0. The average Bonchev–Trinajstić information content (AvgIpc) is 2.20. The summed E-state index contributed by atoms with van der Waals surface area (Å²) in [5.41, 5.74) is 0. The van der Waals surface area contributed by atoms with Crippen molar-refractivity contribution in [3.05, 3.63) is 0 Å². The minimum Gasteiger partial charge on any atom is -0.382 e. The fraction of sp³-hybridized carbons (Fsp3) is 1.00. The zero-order chi connectivity index (χ0) is 10.6. The number of unbranched alkanes of at least 4 members (excludes halogenated alkanes) is 2. The van der Waals surface area contributed by atoms with E-state index >= 15 is 0 Å². The van der Waals surface area contributed by atoms with Crippen molar-refractivity contribution in [1.29, 1.82) is 0 Å². The lowest BCUT2D eigenvalue weighted by Gasteiger charge is -2.12. The predicted molar refractivity (Wildman–Crippen MR) is 62.7 cm³/mol. The van der Waals surface area contributed by atoms with Crippen LogP contribution in [0.1, 0.15) is 52.9 Å². The Hall–Kier alpha value is -0.0800. The maximum absolute atomic E-state index is 5.29. The molecule has 0 fully saturated rings. The van der Waals surface area contributed by atoms with Crippen molar-refractivity contribution < 1.29 is 4.74 Å². The smallest absolute Gasteiger partial charge is 0.0465 e. The van der Waals surface area contributed by atoms with Crippen LogP contribution in [0.2, 0.25) is 0 Å². The van der Waals surface area contributed by atoms with Gasteiger partial charge in [0, 0.05) is 19.3 Å². The summed E-state index contributed by atoms with van der Waals surface area (Å²) < 4.78 is 5.29. The van der Waals surface area contributed by atoms with E-state index < -0.39 is 0 Å². The van der Waals surface area contributed by atoms with Crippen LogP contribution in [-0.2, 0) is 4.74 Å². The molecular formula is C12H27NO. The van der Waals surface area contributed by atoms with Gasteiger partial charge in [-0.3, -0.25) is 0 Å². The molecule has 0 aromatic carbocycles. The monoisotopic (exact) mass is 201 g/mol. The average molecular weight is 201 g/mol. The van der Waals surface area contributed by atoms with Crippen LogP contribution >= 0.6 is 0 Å². The normalized spacial score (nSPS) is 13.1. The number of hydrogen-bond acceptors (Lipinski definition) is 2. The summed E-state index contributed by atoms with van der Waals surface area (Å²) in [7, 11) is 0. The highest BCUT2D eigenvalue weighted by Gasteiger charge is 1.99. The van der Waals surface area contributed by atoms with E-state index in [1.54, 1.807) is 0 Å². The summed E-state index contributed by atoms with van der Waals surface area (Å²) in [6, 6.07) is 0.682. The molecule has 0 bridgehead atoms. The van der Waals surface area contributed by atoms with Crippen LogP contribution in [-0.4, -0.2) is 25.8 Å². The summed E-state index contributed by atoms with van der Waals surface area (Å²) in [6.45, 7) is 9.48. The summed E-state index contributed by atoms with van der Waals surface area (Å²) in [4.78, 5) is 0. The largest absolute Gasteiger partial charge is 0.382 e. The minimum atomic E-state index is 0.682. The third kappa shape index (κ3) is 10.0. The Morgan fingerprint density at radius 3 is 2.57 bits per heavy atom. The fourth-order valence-electron chi connectivity index (χ4n) is 1.47. The fourth-order valence-corrected chi connectivity index (χ4v) is 1.47. The molecule has 0 heterocycles. The zero-order valence-electron chi connectivity index (χ0n) is 10.1. The van der Waals surface area contributed by atoms with Crippen LogP contribution in [0.3, 0.4) is 0 Å². The highest BCUT2D eigenvalue weighted by Crippen LogP contribution is 2.03. The molecule has 14 heavy (non-hydrogen) atoms. The van der Waals surface area contributed by atoms with Crippen molar-refractivity contribution in [2.24, 2.45) is 0 Å². The third-order valence-corrected chi connectivity index (χ3v) is 2.37. The molecule has 1 atom stereocenters. The van der Waals surface area contributed by atoms with E-state index in [0.717, 1.165) is 19.8 Å². The van der Waals surface area contributed by atoms with Gasteiger partial charge < -0.3 is 10.1 Å². The Balaban J connectivity index is 3.02. The van der Waals surface area contributed by atoms with Gasteiger partial charge in [0.1, 0.15) is 0 Å². The number of hydrogen-bond donors (Lipinski definition) is 1. The maximum atomic E-state index is 5.29. The van der Waals surface area contributed by atoms with E-state index in [1.807, 2.05) is 0 Å². The molecule has 0 aliphatic carbocycles. The molecule has 2 nitrogen and oxygen atoms in total. The highest BCUT2D eigenvalue weighted by molar-refractivity contribution is 4.59. The van der Waals surface area contributed by atoms with E-state index in [1.165, 1.54) is 32.1 Å². The Labute approximate surface area is 89.4 Å². The quantitative estimate of drug-likeness (QED) is 0.549. The van der Waals surface area contributed by atoms with E-state index in [2.05, 4.69) is 26.1 Å². The third-order valence-electron chi connectivity index (χ3n) is 2.37. The second-order valence-electron chi connectivity index (χ2n) is 3.90. The van der Waals surface area contributed by atoms with Gasteiger partial charge in [-0.1, -0.05) is 19.8 Å². The molecule has 1 unspecified atom stereocenters. The molecule has 0 radical (unpaired) electrons. The van der Waals surface area contributed by atoms with Crippen molar-refractivity contribution in [2.45, 2.75) is 58.9 Å². The highest BCUT2D eigenvalue weighted by atomic mass is 16.5. The zero-order valence-corrected chi connectivity index (χ0v) is 10.1. The van der Waals surface area contributed by atoms with E-state index in [0.29, 0.717) is 6.04 Å². The number of nitrogens with one attached hydrogen (secondary N) is 1. The molecule has 0 aliphatic rings. The predicted octanol–water partition coefficient (Wildman–Crippen LogP) is 2.97.